The number of ether oxygens (including phenoxy) is 1. The molecule has 3 rings (SSSR count). The van der Waals surface area contributed by atoms with Crippen LogP contribution in [0.4, 0.5) is 9.39 Å². The fourth-order valence-corrected chi connectivity index (χ4v) is 3.83. The van der Waals surface area contributed by atoms with Crippen molar-refractivity contribution in [1.82, 2.24) is 0 Å². The first-order chi connectivity index (χ1) is 14.0. The standard InChI is InChI=1S/C22H21FN2O3S/c1-3-15-9-11-25(12-10-15)13-19(26)24-21-20(22(27)28-4-2)18(14-29-21)16-5-7-17(23)8-6-16/h5-12,14H,3-4,13H2,1-2H3/p+1. The van der Waals surface area contributed by atoms with Crippen LogP contribution in [0, 0.1) is 5.82 Å². The number of rotatable bonds is 7. The van der Waals surface area contributed by atoms with Crippen molar-refractivity contribution < 1.29 is 23.3 Å². The highest BCUT2D eigenvalue weighted by atomic mass is 32.1. The zero-order valence-electron chi connectivity index (χ0n) is 16.3. The molecule has 3 aromatic rings. The van der Waals surface area contributed by atoms with Gasteiger partial charge in [-0.1, -0.05) is 19.1 Å². The minimum Gasteiger partial charge on any atom is -0.462 e. The number of amides is 1. The number of nitrogens with zero attached hydrogens (tertiary/aromatic N) is 1. The predicted molar refractivity (Wildman–Crippen MR) is 110 cm³/mol. The molecule has 0 saturated carbocycles. The van der Waals surface area contributed by atoms with E-state index in [4.69, 9.17) is 4.74 Å². The molecular formula is C22H22FN2O3S+. The number of aryl methyl sites for hydroxylation is 1. The lowest BCUT2D eigenvalue weighted by Gasteiger charge is -2.08. The van der Waals surface area contributed by atoms with Crippen molar-refractivity contribution in [3.63, 3.8) is 0 Å². The second-order valence-electron chi connectivity index (χ2n) is 6.36. The molecule has 5 nitrogen and oxygen atoms in total. The highest BCUT2D eigenvalue weighted by Crippen LogP contribution is 2.36. The molecule has 0 bridgehead atoms. The average Bonchev–Trinajstić information content (AvgIpc) is 3.12. The Balaban J connectivity index is 1.84. The fourth-order valence-electron chi connectivity index (χ4n) is 2.86. The molecule has 0 spiro atoms. The van der Waals surface area contributed by atoms with Crippen molar-refractivity contribution in [2.24, 2.45) is 0 Å². The minimum atomic E-state index is -0.525. The molecule has 0 aliphatic carbocycles. The van der Waals surface area contributed by atoms with Gasteiger partial charge in [0.25, 0.3) is 5.91 Å². The Bertz CT molecular complexity index is 998. The van der Waals surface area contributed by atoms with Gasteiger partial charge >= 0.3 is 5.97 Å². The largest absolute Gasteiger partial charge is 0.462 e. The van der Waals surface area contributed by atoms with Crippen LogP contribution in [0.25, 0.3) is 11.1 Å². The Morgan fingerprint density at radius 3 is 2.41 bits per heavy atom. The summed E-state index contributed by atoms with van der Waals surface area (Å²) in [6.07, 6.45) is 4.63. The highest BCUT2D eigenvalue weighted by molar-refractivity contribution is 7.15. The number of aromatic nitrogens is 1. The van der Waals surface area contributed by atoms with Crippen molar-refractivity contribution in [2.75, 3.05) is 11.9 Å². The van der Waals surface area contributed by atoms with E-state index in [1.54, 1.807) is 29.0 Å². The molecule has 2 aromatic heterocycles. The van der Waals surface area contributed by atoms with E-state index in [1.807, 2.05) is 24.5 Å². The molecule has 0 atom stereocenters. The van der Waals surface area contributed by atoms with Crippen LogP contribution < -0.4 is 9.88 Å². The third kappa shape index (κ3) is 5.06. The maximum absolute atomic E-state index is 13.3. The molecule has 0 fully saturated rings. The Morgan fingerprint density at radius 2 is 1.79 bits per heavy atom. The monoisotopic (exact) mass is 413 g/mol. The maximum Gasteiger partial charge on any atom is 0.341 e. The minimum absolute atomic E-state index is 0.121. The van der Waals surface area contributed by atoms with Gasteiger partial charge in [0.05, 0.1) is 6.61 Å². The first-order valence-electron chi connectivity index (χ1n) is 9.34. The molecular weight excluding hydrogens is 391 g/mol. The number of hydrogen-bond acceptors (Lipinski definition) is 4. The summed E-state index contributed by atoms with van der Waals surface area (Å²) in [6, 6.07) is 9.78. The van der Waals surface area contributed by atoms with Crippen LogP contribution in [0.5, 0.6) is 0 Å². The SMILES string of the molecule is CCOC(=O)c1c(-c2ccc(F)cc2)csc1NC(=O)C[n+]1ccc(CC)cc1. The average molecular weight is 413 g/mol. The first kappa shape index (κ1) is 20.7. The van der Waals surface area contributed by atoms with Gasteiger partial charge in [0.15, 0.2) is 12.4 Å². The second kappa shape index (κ2) is 9.43. The van der Waals surface area contributed by atoms with Crippen LogP contribution in [0.15, 0.2) is 54.2 Å². The van der Waals surface area contributed by atoms with Crippen molar-refractivity contribution in [3.8, 4) is 11.1 Å². The van der Waals surface area contributed by atoms with Crippen molar-refractivity contribution >= 4 is 28.2 Å². The molecule has 0 unspecified atom stereocenters. The second-order valence-corrected chi connectivity index (χ2v) is 7.24. The highest BCUT2D eigenvalue weighted by Gasteiger charge is 2.23. The lowest BCUT2D eigenvalue weighted by atomic mass is 10.0. The van der Waals surface area contributed by atoms with E-state index in [0.717, 1.165) is 6.42 Å². The van der Waals surface area contributed by atoms with Gasteiger partial charge in [-0.3, -0.25) is 4.79 Å². The topological polar surface area (TPSA) is 59.3 Å². The van der Waals surface area contributed by atoms with Gasteiger partial charge in [0.2, 0.25) is 6.54 Å². The number of anilines is 1. The molecule has 0 radical (unpaired) electrons. The summed E-state index contributed by atoms with van der Waals surface area (Å²) in [5.41, 5.74) is 2.75. The van der Waals surface area contributed by atoms with E-state index in [9.17, 15) is 14.0 Å². The van der Waals surface area contributed by atoms with E-state index in [0.29, 0.717) is 16.1 Å². The normalized spacial score (nSPS) is 10.6. The van der Waals surface area contributed by atoms with Gasteiger partial charge in [0.1, 0.15) is 16.4 Å². The molecule has 7 heteroatoms. The molecule has 29 heavy (non-hydrogen) atoms. The summed E-state index contributed by atoms with van der Waals surface area (Å²) in [5, 5.41) is 4.99. The van der Waals surface area contributed by atoms with Gasteiger partial charge in [-0.25, -0.2) is 9.18 Å². The quantitative estimate of drug-likeness (QED) is 0.466. The molecule has 0 aliphatic rings. The smallest absolute Gasteiger partial charge is 0.341 e. The van der Waals surface area contributed by atoms with E-state index in [2.05, 4.69) is 12.2 Å². The molecule has 0 saturated heterocycles. The molecule has 1 N–H and O–H groups in total. The van der Waals surface area contributed by atoms with Crippen molar-refractivity contribution in [1.29, 1.82) is 0 Å². The number of thiophene rings is 1. The zero-order chi connectivity index (χ0) is 20.8. The molecule has 0 aliphatic heterocycles. The van der Waals surface area contributed by atoms with Crippen molar-refractivity contribution in [2.45, 2.75) is 26.8 Å². The van der Waals surface area contributed by atoms with Gasteiger partial charge in [-0.15, -0.1) is 11.3 Å². The number of carbonyl (C=O) groups excluding carboxylic acids is 2. The number of pyridine rings is 1. The van der Waals surface area contributed by atoms with Crippen LogP contribution in [0.3, 0.4) is 0 Å². The molecule has 1 aromatic carbocycles. The number of halogens is 1. The third-order valence-electron chi connectivity index (χ3n) is 4.37. The maximum atomic E-state index is 13.3. The summed E-state index contributed by atoms with van der Waals surface area (Å²) < 4.78 is 20.2. The van der Waals surface area contributed by atoms with Gasteiger partial charge in [0, 0.05) is 23.1 Å². The van der Waals surface area contributed by atoms with Crippen LogP contribution in [0.1, 0.15) is 29.8 Å². The number of carbonyl (C=O) groups is 2. The molecule has 2 heterocycles. The Labute approximate surface area is 172 Å². The molecule has 150 valence electrons. The summed E-state index contributed by atoms with van der Waals surface area (Å²) >= 11 is 1.24. The van der Waals surface area contributed by atoms with Gasteiger partial charge < -0.3 is 10.1 Å². The summed E-state index contributed by atoms with van der Waals surface area (Å²) in [6.45, 7) is 4.12. The summed E-state index contributed by atoms with van der Waals surface area (Å²) in [4.78, 5) is 25.1. The number of esters is 1. The fraction of sp³-hybridized carbons (Fsp3) is 0.227. The Kier molecular flexibility index (Phi) is 6.72. The third-order valence-corrected chi connectivity index (χ3v) is 5.27. The number of nitrogens with one attached hydrogen (secondary N) is 1. The predicted octanol–water partition coefficient (Wildman–Crippen LogP) is 4.22. The van der Waals surface area contributed by atoms with Crippen molar-refractivity contribution in [3.05, 3.63) is 71.1 Å². The van der Waals surface area contributed by atoms with Gasteiger partial charge in [-0.05, 0) is 36.6 Å². The van der Waals surface area contributed by atoms with E-state index in [1.165, 1.54) is 29.0 Å². The lowest BCUT2D eigenvalue weighted by molar-refractivity contribution is -0.684. The summed E-state index contributed by atoms with van der Waals surface area (Å²) in [5.74, 6) is -1.14. The number of hydrogen-bond donors (Lipinski definition) is 1. The van der Waals surface area contributed by atoms with Crippen LogP contribution >= 0.6 is 11.3 Å². The van der Waals surface area contributed by atoms with E-state index >= 15 is 0 Å². The van der Waals surface area contributed by atoms with Crippen LogP contribution in [0.2, 0.25) is 0 Å². The van der Waals surface area contributed by atoms with E-state index in [-0.39, 0.29) is 30.4 Å². The lowest BCUT2D eigenvalue weighted by Crippen LogP contribution is -2.39. The number of benzene rings is 1. The summed E-state index contributed by atoms with van der Waals surface area (Å²) in [7, 11) is 0. The Hall–Kier alpha value is -3.06. The zero-order valence-corrected chi connectivity index (χ0v) is 17.1. The van der Waals surface area contributed by atoms with Crippen LogP contribution in [-0.2, 0) is 22.5 Å². The van der Waals surface area contributed by atoms with Gasteiger partial charge in [-0.2, -0.15) is 4.57 Å². The first-order valence-corrected chi connectivity index (χ1v) is 10.2. The molecule has 1 amide bonds. The van der Waals surface area contributed by atoms with Crippen LogP contribution in [-0.4, -0.2) is 18.5 Å². The Morgan fingerprint density at radius 1 is 1.10 bits per heavy atom. The van der Waals surface area contributed by atoms with E-state index < -0.39 is 5.97 Å².